The first-order valence-electron chi connectivity index (χ1n) is 9.29. The fraction of sp³-hybridized carbons (Fsp3) is 0.250. The summed E-state index contributed by atoms with van der Waals surface area (Å²) in [5, 5.41) is 11.2. The van der Waals surface area contributed by atoms with Crippen LogP contribution in [0.25, 0.3) is 22.8 Å². The molecule has 3 aliphatic rings. The van der Waals surface area contributed by atoms with Gasteiger partial charge in [0.1, 0.15) is 0 Å². The van der Waals surface area contributed by atoms with E-state index in [1.807, 2.05) is 18.2 Å². The molecular formula is C24H21F3O. The Morgan fingerprint density at radius 3 is 2.25 bits per heavy atom. The molecule has 1 unspecified atom stereocenters. The van der Waals surface area contributed by atoms with Crippen molar-refractivity contribution < 1.29 is 18.3 Å². The maximum Gasteiger partial charge on any atom is 0.425 e. The van der Waals surface area contributed by atoms with Crippen LogP contribution in [0, 0.1) is 6.92 Å². The number of halogens is 3. The number of hydrogen-bond acceptors (Lipinski definition) is 1. The van der Waals surface area contributed by atoms with Gasteiger partial charge in [0.05, 0.1) is 0 Å². The van der Waals surface area contributed by atoms with Crippen molar-refractivity contribution in [2.24, 2.45) is 0 Å². The van der Waals surface area contributed by atoms with Gasteiger partial charge in [0.2, 0.25) is 5.60 Å². The van der Waals surface area contributed by atoms with Crippen LogP contribution in [0.2, 0.25) is 0 Å². The van der Waals surface area contributed by atoms with E-state index in [9.17, 15) is 18.3 Å². The van der Waals surface area contributed by atoms with Gasteiger partial charge in [-0.25, -0.2) is 0 Å². The second-order valence-corrected chi connectivity index (χ2v) is 7.75. The number of aryl methyl sites for hydroxylation is 1. The molecule has 0 radical (unpaired) electrons. The van der Waals surface area contributed by atoms with Crippen molar-refractivity contribution >= 4 is 11.6 Å². The van der Waals surface area contributed by atoms with Crippen LogP contribution >= 0.6 is 0 Å². The molecule has 0 amide bonds. The quantitative estimate of drug-likeness (QED) is 0.534. The summed E-state index contributed by atoms with van der Waals surface area (Å²) in [6.45, 7) is 5.90. The van der Waals surface area contributed by atoms with Crippen molar-refractivity contribution in [2.45, 2.75) is 38.5 Å². The van der Waals surface area contributed by atoms with Gasteiger partial charge in [0.25, 0.3) is 0 Å². The van der Waals surface area contributed by atoms with E-state index in [4.69, 9.17) is 0 Å². The zero-order valence-corrected chi connectivity index (χ0v) is 15.9. The Morgan fingerprint density at radius 1 is 0.964 bits per heavy atom. The van der Waals surface area contributed by atoms with E-state index < -0.39 is 11.8 Å². The molecule has 1 nitrogen and oxygen atoms in total. The normalized spacial score (nSPS) is 19.2. The molecule has 0 fully saturated rings. The number of alkyl halides is 3. The molecule has 1 aromatic rings. The Morgan fingerprint density at radius 2 is 1.64 bits per heavy atom. The van der Waals surface area contributed by atoms with Crippen molar-refractivity contribution in [3.05, 3.63) is 82.4 Å². The van der Waals surface area contributed by atoms with Crippen molar-refractivity contribution in [1.29, 1.82) is 0 Å². The van der Waals surface area contributed by atoms with Crippen molar-refractivity contribution in [2.75, 3.05) is 0 Å². The minimum atomic E-state index is -4.85. The van der Waals surface area contributed by atoms with Crippen LogP contribution in [0.3, 0.4) is 0 Å². The van der Waals surface area contributed by atoms with E-state index in [2.05, 4.69) is 13.8 Å². The van der Waals surface area contributed by atoms with Gasteiger partial charge in [-0.15, -0.1) is 0 Å². The van der Waals surface area contributed by atoms with E-state index in [0.717, 1.165) is 16.7 Å². The third-order valence-electron chi connectivity index (χ3n) is 5.62. The topological polar surface area (TPSA) is 20.2 Å². The molecule has 0 spiro atoms. The Bertz CT molecular complexity index is 1050. The largest absolute Gasteiger partial charge is 0.425 e. The van der Waals surface area contributed by atoms with E-state index in [0.29, 0.717) is 16.7 Å². The molecule has 1 aromatic carbocycles. The summed E-state index contributed by atoms with van der Waals surface area (Å²) in [5.41, 5.74) is 0.771. The minimum Gasteiger partial charge on any atom is -0.372 e. The van der Waals surface area contributed by atoms with Gasteiger partial charge >= 0.3 is 6.18 Å². The summed E-state index contributed by atoms with van der Waals surface area (Å²) < 4.78 is 42.9. The van der Waals surface area contributed by atoms with Crippen molar-refractivity contribution in [1.82, 2.24) is 0 Å². The molecule has 0 bridgehead atoms. The molecule has 0 saturated heterocycles. The molecule has 4 rings (SSSR count). The average Bonchev–Trinajstić information content (AvgIpc) is 2.84. The lowest BCUT2D eigenvalue weighted by atomic mass is 9.75. The monoisotopic (exact) mass is 382 g/mol. The minimum absolute atomic E-state index is 0.0882. The van der Waals surface area contributed by atoms with Crippen LogP contribution < -0.4 is 0 Å². The highest BCUT2D eigenvalue weighted by molar-refractivity contribution is 5.99. The van der Waals surface area contributed by atoms with Gasteiger partial charge in [0.15, 0.2) is 0 Å². The van der Waals surface area contributed by atoms with Gasteiger partial charge in [-0.3, -0.25) is 0 Å². The third kappa shape index (κ3) is 2.59. The van der Waals surface area contributed by atoms with E-state index >= 15 is 0 Å². The van der Waals surface area contributed by atoms with E-state index in [-0.39, 0.29) is 17.1 Å². The highest BCUT2D eigenvalue weighted by Gasteiger charge is 2.60. The number of benzene rings is 1. The molecule has 0 saturated carbocycles. The number of rotatable bonds is 2. The van der Waals surface area contributed by atoms with Crippen LogP contribution in [0.4, 0.5) is 13.2 Å². The highest BCUT2D eigenvalue weighted by Crippen LogP contribution is 2.56. The lowest BCUT2D eigenvalue weighted by molar-refractivity contribution is -0.239. The summed E-state index contributed by atoms with van der Waals surface area (Å²) in [5.74, 6) is 0.237. The Balaban J connectivity index is 2.10. The molecule has 0 aromatic heterocycles. The van der Waals surface area contributed by atoms with Gasteiger partial charge in [0, 0.05) is 11.1 Å². The van der Waals surface area contributed by atoms with Gasteiger partial charge < -0.3 is 5.11 Å². The molecule has 3 aliphatic carbocycles. The molecular weight excluding hydrogens is 361 g/mol. The maximum absolute atomic E-state index is 14.3. The van der Waals surface area contributed by atoms with Crippen LogP contribution in [0.15, 0.2) is 54.6 Å². The summed E-state index contributed by atoms with van der Waals surface area (Å²) >= 11 is 0. The third-order valence-corrected chi connectivity index (χ3v) is 5.62. The Labute approximate surface area is 162 Å². The number of aliphatic hydroxyl groups is 1. The van der Waals surface area contributed by atoms with E-state index in [1.165, 1.54) is 12.1 Å². The first-order chi connectivity index (χ1) is 13.1. The molecule has 1 atom stereocenters. The van der Waals surface area contributed by atoms with Crippen LogP contribution in [0.1, 0.15) is 47.6 Å². The van der Waals surface area contributed by atoms with Crippen LogP contribution in [0.5, 0.6) is 0 Å². The van der Waals surface area contributed by atoms with Gasteiger partial charge in [-0.05, 0) is 52.3 Å². The molecule has 28 heavy (non-hydrogen) atoms. The zero-order chi connectivity index (χ0) is 20.3. The SMILES string of the molecule is Cc1cc2c3c(ccc(C(C)C)cc1-3)C=C(c1ccccc1)C2(O)C(F)(F)F. The van der Waals surface area contributed by atoms with Crippen LogP contribution in [-0.4, -0.2) is 11.3 Å². The molecule has 4 heteroatoms. The van der Waals surface area contributed by atoms with Crippen molar-refractivity contribution in [3.8, 4) is 11.1 Å². The van der Waals surface area contributed by atoms with Gasteiger partial charge in [-0.1, -0.05) is 68.4 Å². The summed E-state index contributed by atoms with van der Waals surface area (Å²) in [6, 6.07) is 15.5. The van der Waals surface area contributed by atoms with Gasteiger partial charge in [-0.2, -0.15) is 13.2 Å². The van der Waals surface area contributed by atoms with Crippen LogP contribution in [-0.2, 0) is 5.60 Å². The molecule has 0 aliphatic heterocycles. The van der Waals surface area contributed by atoms with E-state index in [1.54, 1.807) is 37.3 Å². The lowest BCUT2D eigenvalue weighted by Gasteiger charge is -2.36. The first kappa shape index (κ1) is 18.8. The lowest BCUT2D eigenvalue weighted by Crippen LogP contribution is -2.44. The fourth-order valence-corrected chi connectivity index (χ4v) is 4.07. The fourth-order valence-electron chi connectivity index (χ4n) is 4.07. The number of hydrogen-bond donors (Lipinski definition) is 1. The average molecular weight is 382 g/mol. The molecule has 144 valence electrons. The Hall–Kier alpha value is -2.59. The molecule has 0 heterocycles. The second kappa shape index (κ2) is 6.21. The Kier molecular flexibility index (Phi) is 4.16. The summed E-state index contributed by atoms with van der Waals surface area (Å²) in [6.07, 6.45) is -3.36. The first-order valence-corrected chi connectivity index (χ1v) is 9.29. The predicted molar refractivity (Wildman–Crippen MR) is 106 cm³/mol. The summed E-state index contributed by atoms with van der Waals surface area (Å²) in [4.78, 5) is 0. The zero-order valence-electron chi connectivity index (χ0n) is 15.9. The standard InChI is InChI=1S/C24H21F3O/c1-14(2)17-9-10-18-13-20(16-7-5-4-6-8-16)23(28,24(25,26)27)21-11-15(3)19(12-17)22(18)21/h4-14,28H,1-3H3. The van der Waals surface area contributed by atoms with Crippen molar-refractivity contribution in [3.63, 3.8) is 0 Å². The predicted octanol–water partition coefficient (Wildman–Crippen LogP) is 6.53. The maximum atomic E-state index is 14.3. The smallest absolute Gasteiger partial charge is 0.372 e. The second-order valence-electron chi connectivity index (χ2n) is 7.75. The highest BCUT2D eigenvalue weighted by atomic mass is 19.4. The molecule has 1 N–H and O–H groups in total. The summed E-state index contributed by atoms with van der Waals surface area (Å²) in [7, 11) is 0.